The molecule has 2 fully saturated rings. The molecule has 1 saturated carbocycles. The summed E-state index contributed by atoms with van der Waals surface area (Å²) >= 11 is 0. The number of likely N-dealkylation sites (tertiary alicyclic amines) is 1. The van der Waals surface area contributed by atoms with Crippen LogP contribution in [-0.4, -0.2) is 42.5 Å². The molecule has 1 saturated heterocycles. The molecule has 0 spiro atoms. The fraction of sp³-hybridized carbons (Fsp3) is 0.938. The first-order valence-corrected chi connectivity index (χ1v) is 8.49. The van der Waals surface area contributed by atoms with Crippen molar-refractivity contribution in [3.8, 4) is 0 Å². The van der Waals surface area contributed by atoms with E-state index in [1.165, 1.54) is 45.1 Å². The summed E-state index contributed by atoms with van der Waals surface area (Å²) in [4.78, 5) is 14.1. The molecule has 0 bridgehead atoms. The van der Waals surface area contributed by atoms with Crippen LogP contribution in [0.4, 0.5) is 0 Å². The second kappa shape index (κ2) is 7.99. The number of nitrogens with two attached hydrogens (primary N) is 1. The molecule has 0 aromatic carbocycles. The van der Waals surface area contributed by atoms with Crippen LogP contribution in [0.5, 0.6) is 0 Å². The van der Waals surface area contributed by atoms with Crippen molar-refractivity contribution >= 4 is 5.91 Å². The Balaban J connectivity index is 1.79. The standard InChI is InChI=1S/C16H31N3O/c1-2-10-18-14(16(17)20)9-12-19-11-5-8-15(19)13-6-3-4-7-13/h13-15,18H,2-12H2,1H3,(H2,17,20). The SMILES string of the molecule is CCCNC(CCN1CCCC1C1CCCC1)C(N)=O. The molecule has 2 aliphatic rings. The highest BCUT2D eigenvalue weighted by molar-refractivity contribution is 5.79. The summed E-state index contributed by atoms with van der Waals surface area (Å²) in [6.45, 7) is 5.22. The van der Waals surface area contributed by atoms with Crippen molar-refractivity contribution < 1.29 is 4.79 Å². The van der Waals surface area contributed by atoms with Crippen LogP contribution in [0, 0.1) is 5.92 Å². The summed E-state index contributed by atoms with van der Waals surface area (Å²) in [5.74, 6) is 0.711. The highest BCUT2D eigenvalue weighted by Crippen LogP contribution is 2.35. The lowest BCUT2D eigenvalue weighted by Crippen LogP contribution is -2.45. The maximum absolute atomic E-state index is 11.5. The third-order valence-corrected chi connectivity index (χ3v) is 5.05. The van der Waals surface area contributed by atoms with E-state index >= 15 is 0 Å². The molecule has 1 heterocycles. The average Bonchev–Trinajstić information content (AvgIpc) is 3.08. The van der Waals surface area contributed by atoms with Gasteiger partial charge in [-0.25, -0.2) is 0 Å². The van der Waals surface area contributed by atoms with E-state index in [4.69, 9.17) is 5.73 Å². The number of carbonyl (C=O) groups is 1. The van der Waals surface area contributed by atoms with Crippen LogP contribution in [0.2, 0.25) is 0 Å². The zero-order chi connectivity index (χ0) is 14.4. The molecule has 2 rings (SSSR count). The number of rotatable bonds is 8. The van der Waals surface area contributed by atoms with E-state index in [0.29, 0.717) is 0 Å². The van der Waals surface area contributed by atoms with Crippen molar-refractivity contribution in [2.24, 2.45) is 11.7 Å². The van der Waals surface area contributed by atoms with Gasteiger partial charge in [0.2, 0.25) is 5.91 Å². The van der Waals surface area contributed by atoms with Crippen molar-refractivity contribution in [2.45, 2.75) is 70.4 Å². The Kier molecular flexibility index (Phi) is 6.30. The van der Waals surface area contributed by atoms with E-state index in [2.05, 4.69) is 17.1 Å². The number of nitrogens with zero attached hydrogens (tertiary/aromatic N) is 1. The maximum Gasteiger partial charge on any atom is 0.234 e. The Morgan fingerprint density at radius 2 is 2.05 bits per heavy atom. The van der Waals surface area contributed by atoms with E-state index in [1.54, 1.807) is 0 Å². The first-order valence-electron chi connectivity index (χ1n) is 8.49. The predicted molar refractivity (Wildman–Crippen MR) is 82.4 cm³/mol. The summed E-state index contributed by atoms with van der Waals surface area (Å²) in [5, 5.41) is 3.28. The van der Waals surface area contributed by atoms with Crippen molar-refractivity contribution in [1.29, 1.82) is 0 Å². The number of hydrogen-bond acceptors (Lipinski definition) is 3. The van der Waals surface area contributed by atoms with Crippen LogP contribution in [0.1, 0.15) is 58.3 Å². The minimum atomic E-state index is -0.199. The molecule has 1 aliphatic carbocycles. The number of nitrogens with one attached hydrogen (secondary N) is 1. The van der Waals surface area contributed by atoms with Crippen molar-refractivity contribution in [1.82, 2.24) is 10.2 Å². The Labute approximate surface area is 123 Å². The molecular formula is C16H31N3O. The molecule has 2 unspecified atom stereocenters. The van der Waals surface area contributed by atoms with Gasteiger partial charge in [0.25, 0.3) is 0 Å². The summed E-state index contributed by atoms with van der Waals surface area (Å²) in [6, 6.07) is 0.622. The minimum absolute atomic E-state index is 0.153. The Morgan fingerprint density at radius 3 is 2.70 bits per heavy atom. The Bertz CT molecular complexity index is 302. The van der Waals surface area contributed by atoms with Gasteiger partial charge in [0.15, 0.2) is 0 Å². The van der Waals surface area contributed by atoms with Gasteiger partial charge >= 0.3 is 0 Å². The van der Waals surface area contributed by atoms with Crippen molar-refractivity contribution in [3.05, 3.63) is 0 Å². The molecule has 0 aromatic heterocycles. The van der Waals surface area contributed by atoms with Gasteiger partial charge in [0, 0.05) is 12.6 Å². The molecule has 4 heteroatoms. The van der Waals surface area contributed by atoms with Gasteiger partial charge in [0.05, 0.1) is 6.04 Å². The third-order valence-electron chi connectivity index (χ3n) is 5.05. The Morgan fingerprint density at radius 1 is 1.30 bits per heavy atom. The normalized spacial score (nSPS) is 26.1. The molecule has 1 amide bonds. The smallest absolute Gasteiger partial charge is 0.234 e. The molecule has 4 nitrogen and oxygen atoms in total. The monoisotopic (exact) mass is 281 g/mol. The van der Waals surface area contributed by atoms with Gasteiger partial charge in [-0.05, 0) is 57.5 Å². The minimum Gasteiger partial charge on any atom is -0.368 e. The quantitative estimate of drug-likeness (QED) is 0.714. The summed E-state index contributed by atoms with van der Waals surface area (Å²) in [6.07, 6.45) is 10.2. The lowest BCUT2D eigenvalue weighted by atomic mass is 9.96. The van der Waals surface area contributed by atoms with E-state index < -0.39 is 0 Å². The van der Waals surface area contributed by atoms with Gasteiger partial charge in [-0.15, -0.1) is 0 Å². The van der Waals surface area contributed by atoms with Crippen LogP contribution in [0.15, 0.2) is 0 Å². The molecule has 20 heavy (non-hydrogen) atoms. The van der Waals surface area contributed by atoms with E-state index in [-0.39, 0.29) is 11.9 Å². The zero-order valence-electron chi connectivity index (χ0n) is 12.9. The van der Waals surface area contributed by atoms with Crippen LogP contribution in [0.3, 0.4) is 0 Å². The molecule has 3 N–H and O–H groups in total. The largest absolute Gasteiger partial charge is 0.368 e. The molecule has 0 radical (unpaired) electrons. The topological polar surface area (TPSA) is 58.4 Å². The fourth-order valence-corrected chi connectivity index (χ4v) is 3.96. The summed E-state index contributed by atoms with van der Waals surface area (Å²) in [5.41, 5.74) is 5.50. The molecule has 0 aromatic rings. The lowest BCUT2D eigenvalue weighted by molar-refractivity contribution is -0.120. The number of hydrogen-bond donors (Lipinski definition) is 2. The maximum atomic E-state index is 11.5. The first-order chi connectivity index (χ1) is 9.72. The Hall–Kier alpha value is -0.610. The van der Waals surface area contributed by atoms with E-state index in [9.17, 15) is 4.79 Å². The third kappa shape index (κ3) is 4.19. The first kappa shape index (κ1) is 15.8. The van der Waals surface area contributed by atoms with Gasteiger partial charge in [-0.3, -0.25) is 4.79 Å². The second-order valence-electron chi connectivity index (χ2n) is 6.49. The predicted octanol–water partition coefficient (Wildman–Crippen LogP) is 1.88. The van der Waals surface area contributed by atoms with Crippen molar-refractivity contribution in [2.75, 3.05) is 19.6 Å². The van der Waals surface area contributed by atoms with Gasteiger partial charge in [-0.1, -0.05) is 19.8 Å². The van der Waals surface area contributed by atoms with E-state index in [0.717, 1.165) is 37.9 Å². The van der Waals surface area contributed by atoms with E-state index in [1.807, 2.05) is 0 Å². The number of amides is 1. The highest BCUT2D eigenvalue weighted by atomic mass is 16.1. The van der Waals surface area contributed by atoms with Crippen LogP contribution in [-0.2, 0) is 4.79 Å². The van der Waals surface area contributed by atoms with Crippen LogP contribution >= 0.6 is 0 Å². The zero-order valence-corrected chi connectivity index (χ0v) is 12.9. The fourth-order valence-electron chi connectivity index (χ4n) is 3.96. The van der Waals surface area contributed by atoms with Crippen LogP contribution < -0.4 is 11.1 Å². The van der Waals surface area contributed by atoms with Crippen molar-refractivity contribution in [3.63, 3.8) is 0 Å². The summed E-state index contributed by atoms with van der Waals surface area (Å²) < 4.78 is 0. The second-order valence-corrected chi connectivity index (χ2v) is 6.49. The molecular weight excluding hydrogens is 250 g/mol. The summed E-state index contributed by atoms with van der Waals surface area (Å²) in [7, 11) is 0. The molecule has 1 aliphatic heterocycles. The molecule has 2 atom stereocenters. The number of carbonyl (C=O) groups excluding carboxylic acids is 1. The highest BCUT2D eigenvalue weighted by Gasteiger charge is 2.33. The lowest BCUT2D eigenvalue weighted by Gasteiger charge is -2.30. The van der Waals surface area contributed by atoms with Gasteiger partial charge in [-0.2, -0.15) is 0 Å². The molecule has 116 valence electrons. The number of primary amides is 1. The average molecular weight is 281 g/mol. The van der Waals surface area contributed by atoms with Gasteiger partial charge in [0.1, 0.15) is 0 Å². The van der Waals surface area contributed by atoms with Crippen LogP contribution in [0.25, 0.3) is 0 Å². The van der Waals surface area contributed by atoms with Gasteiger partial charge < -0.3 is 16.0 Å².